The van der Waals surface area contributed by atoms with Gasteiger partial charge >= 0.3 is 0 Å². The molecule has 1 atom stereocenters. The summed E-state index contributed by atoms with van der Waals surface area (Å²) < 4.78 is 14.1. The van der Waals surface area contributed by atoms with Crippen molar-refractivity contribution in [2.75, 3.05) is 23.3 Å². The molecule has 0 spiro atoms. The zero-order chi connectivity index (χ0) is 18.6. The van der Waals surface area contributed by atoms with Gasteiger partial charge in [0.1, 0.15) is 11.6 Å². The van der Waals surface area contributed by atoms with Crippen LogP contribution >= 0.6 is 0 Å². The molecule has 27 heavy (non-hydrogen) atoms. The molecule has 1 aliphatic rings. The molecule has 1 aliphatic heterocycles. The molecule has 2 aromatic heterocycles. The average molecular weight is 363 g/mol. The smallest absolute Gasteiger partial charge is 0.163 e. The van der Waals surface area contributed by atoms with Gasteiger partial charge in [0.25, 0.3) is 0 Å². The van der Waals surface area contributed by atoms with Crippen LogP contribution in [0.25, 0.3) is 11.4 Å². The molecule has 3 heterocycles. The Morgan fingerprint density at radius 1 is 1.15 bits per heavy atom. The Morgan fingerprint density at radius 3 is 2.85 bits per heavy atom. The number of benzene rings is 1. The molecule has 5 nitrogen and oxygen atoms in total. The third kappa shape index (κ3) is 4.05. The SMILES string of the molecule is Cc1cc(NC2CCCN(c3ccccc3F)C2)nc(-c2cccnc2)n1. The predicted octanol–water partition coefficient (Wildman–Crippen LogP) is 4.07. The lowest BCUT2D eigenvalue weighted by atomic mass is 10.0. The largest absolute Gasteiger partial charge is 0.367 e. The highest BCUT2D eigenvalue weighted by Gasteiger charge is 2.22. The molecule has 0 aliphatic carbocycles. The average Bonchev–Trinajstić information content (AvgIpc) is 2.69. The number of hydrogen-bond donors (Lipinski definition) is 1. The Kier molecular flexibility index (Phi) is 4.96. The molecule has 1 fully saturated rings. The first-order chi connectivity index (χ1) is 13.2. The van der Waals surface area contributed by atoms with E-state index in [-0.39, 0.29) is 11.9 Å². The van der Waals surface area contributed by atoms with Crippen molar-refractivity contribution in [1.29, 1.82) is 0 Å². The van der Waals surface area contributed by atoms with Crippen molar-refractivity contribution in [2.45, 2.75) is 25.8 Å². The summed E-state index contributed by atoms with van der Waals surface area (Å²) in [7, 11) is 0. The standard InChI is InChI=1S/C21H22FN5/c1-15-12-20(26-21(24-15)16-6-4-10-23-13-16)25-17-7-5-11-27(14-17)19-9-3-2-8-18(19)22/h2-4,6,8-10,12-13,17H,5,7,11,14H2,1H3,(H,24,25,26). The Labute approximate surface area is 158 Å². The lowest BCUT2D eigenvalue weighted by Crippen LogP contribution is -2.42. The second kappa shape index (κ2) is 7.70. The molecule has 1 aromatic carbocycles. The Bertz CT molecular complexity index is 915. The second-order valence-corrected chi connectivity index (χ2v) is 6.84. The van der Waals surface area contributed by atoms with Crippen LogP contribution in [0, 0.1) is 12.7 Å². The summed E-state index contributed by atoms with van der Waals surface area (Å²) in [6, 6.07) is 12.9. The fourth-order valence-electron chi connectivity index (χ4n) is 3.50. The number of piperidine rings is 1. The molecule has 0 saturated carbocycles. The highest BCUT2D eigenvalue weighted by Crippen LogP contribution is 2.25. The first-order valence-corrected chi connectivity index (χ1v) is 9.21. The van der Waals surface area contributed by atoms with Crippen LogP contribution in [-0.4, -0.2) is 34.1 Å². The normalized spacial score (nSPS) is 17.0. The van der Waals surface area contributed by atoms with E-state index >= 15 is 0 Å². The third-order valence-corrected chi connectivity index (χ3v) is 4.74. The van der Waals surface area contributed by atoms with Crippen LogP contribution in [0.2, 0.25) is 0 Å². The van der Waals surface area contributed by atoms with Gasteiger partial charge in [0.2, 0.25) is 0 Å². The van der Waals surface area contributed by atoms with Gasteiger partial charge < -0.3 is 10.2 Å². The number of anilines is 2. The number of aromatic nitrogens is 3. The Morgan fingerprint density at radius 2 is 2.04 bits per heavy atom. The van der Waals surface area contributed by atoms with Crippen LogP contribution in [0.4, 0.5) is 15.9 Å². The summed E-state index contributed by atoms with van der Waals surface area (Å²) in [6.07, 6.45) is 5.53. The van der Waals surface area contributed by atoms with Gasteiger partial charge in [-0.05, 0) is 44.0 Å². The van der Waals surface area contributed by atoms with Gasteiger partial charge in [-0.2, -0.15) is 0 Å². The minimum atomic E-state index is -0.171. The number of nitrogens with one attached hydrogen (secondary N) is 1. The van der Waals surface area contributed by atoms with Crippen molar-refractivity contribution in [1.82, 2.24) is 15.0 Å². The number of para-hydroxylation sites is 1. The molecule has 6 heteroatoms. The van der Waals surface area contributed by atoms with E-state index in [9.17, 15) is 4.39 Å². The minimum absolute atomic E-state index is 0.171. The minimum Gasteiger partial charge on any atom is -0.367 e. The van der Waals surface area contributed by atoms with E-state index in [4.69, 9.17) is 0 Å². The Hall–Kier alpha value is -3.02. The van der Waals surface area contributed by atoms with Crippen molar-refractivity contribution in [3.8, 4) is 11.4 Å². The van der Waals surface area contributed by atoms with Crippen molar-refractivity contribution in [2.24, 2.45) is 0 Å². The molecule has 138 valence electrons. The second-order valence-electron chi connectivity index (χ2n) is 6.84. The number of aryl methyl sites for hydroxylation is 1. The highest BCUT2D eigenvalue weighted by molar-refractivity contribution is 5.56. The predicted molar refractivity (Wildman–Crippen MR) is 105 cm³/mol. The molecule has 0 bridgehead atoms. The summed E-state index contributed by atoms with van der Waals surface area (Å²) >= 11 is 0. The van der Waals surface area contributed by atoms with Gasteiger partial charge in [0.05, 0.1) is 5.69 Å². The topological polar surface area (TPSA) is 53.9 Å². The summed E-state index contributed by atoms with van der Waals surface area (Å²) in [4.78, 5) is 15.4. The van der Waals surface area contributed by atoms with Crippen LogP contribution < -0.4 is 10.2 Å². The third-order valence-electron chi connectivity index (χ3n) is 4.74. The zero-order valence-electron chi connectivity index (χ0n) is 15.3. The number of hydrogen-bond acceptors (Lipinski definition) is 5. The van der Waals surface area contributed by atoms with Crippen molar-refractivity contribution in [3.63, 3.8) is 0 Å². The first kappa shape index (κ1) is 17.4. The molecule has 4 rings (SSSR count). The molecular weight excluding hydrogens is 341 g/mol. The van der Waals surface area contributed by atoms with Crippen LogP contribution in [0.15, 0.2) is 54.9 Å². The zero-order valence-corrected chi connectivity index (χ0v) is 15.3. The van der Waals surface area contributed by atoms with E-state index in [0.717, 1.165) is 43.0 Å². The van der Waals surface area contributed by atoms with Gasteiger partial charge in [0.15, 0.2) is 5.82 Å². The van der Waals surface area contributed by atoms with Gasteiger partial charge in [-0.15, -0.1) is 0 Å². The highest BCUT2D eigenvalue weighted by atomic mass is 19.1. The number of halogens is 1. The summed E-state index contributed by atoms with van der Waals surface area (Å²) in [5.41, 5.74) is 2.45. The summed E-state index contributed by atoms with van der Waals surface area (Å²) in [5, 5.41) is 3.52. The molecule has 0 radical (unpaired) electrons. The molecule has 0 amide bonds. The summed E-state index contributed by atoms with van der Waals surface area (Å²) in [6.45, 7) is 3.56. The van der Waals surface area contributed by atoms with E-state index in [1.807, 2.05) is 37.3 Å². The maximum atomic E-state index is 14.1. The van der Waals surface area contributed by atoms with E-state index < -0.39 is 0 Å². The van der Waals surface area contributed by atoms with E-state index in [2.05, 4.69) is 25.2 Å². The van der Waals surface area contributed by atoms with Gasteiger partial charge in [-0.25, -0.2) is 14.4 Å². The first-order valence-electron chi connectivity index (χ1n) is 9.21. The van der Waals surface area contributed by atoms with Crippen LogP contribution in [0.3, 0.4) is 0 Å². The van der Waals surface area contributed by atoms with E-state index in [0.29, 0.717) is 11.5 Å². The molecule has 1 unspecified atom stereocenters. The van der Waals surface area contributed by atoms with Crippen molar-refractivity contribution < 1.29 is 4.39 Å². The molecular formula is C21H22FN5. The fourth-order valence-corrected chi connectivity index (χ4v) is 3.50. The molecule has 1 saturated heterocycles. The monoisotopic (exact) mass is 363 g/mol. The summed E-state index contributed by atoms with van der Waals surface area (Å²) in [5.74, 6) is 1.28. The van der Waals surface area contributed by atoms with E-state index in [1.54, 1.807) is 18.5 Å². The number of rotatable bonds is 4. The lowest BCUT2D eigenvalue weighted by molar-refractivity contribution is 0.518. The maximum Gasteiger partial charge on any atom is 0.163 e. The molecule has 1 N–H and O–H groups in total. The van der Waals surface area contributed by atoms with Gasteiger partial charge in [-0.3, -0.25) is 4.98 Å². The van der Waals surface area contributed by atoms with Crippen molar-refractivity contribution >= 4 is 11.5 Å². The number of pyridine rings is 1. The van der Waals surface area contributed by atoms with Crippen molar-refractivity contribution in [3.05, 3.63) is 66.4 Å². The van der Waals surface area contributed by atoms with Crippen LogP contribution in [0.1, 0.15) is 18.5 Å². The quantitative estimate of drug-likeness (QED) is 0.757. The lowest BCUT2D eigenvalue weighted by Gasteiger charge is -2.35. The number of nitrogens with zero attached hydrogens (tertiary/aromatic N) is 4. The van der Waals surface area contributed by atoms with Crippen LogP contribution in [0.5, 0.6) is 0 Å². The fraction of sp³-hybridized carbons (Fsp3) is 0.286. The maximum absolute atomic E-state index is 14.1. The van der Waals surface area contributed by atoms with Gasteiger partial charge in [-0.1, -0.05) is 12.1 Å². The van der Waals surface area contributed by atoms with Gasteiger partial charge in [0, 0.05) is 48.8 Å². The van der Waals surface area contributed by atoms with Crippen LogP contribution in [-0.2, 0) is 0 Å². The molecule has 3 aromatic rings. The van der Waals surface area contributed by atoms with E-state index in [1.165, 1.54) is 6.07 Å². The Balaban J connectivity index is 1.52.